The van der Waals surface area contributed by atoms with Gasteiger partial charge in [-0.05, 0) is 47.9 Å². The topological polar surface area (TPSA) is 67.9 Å². The van der Waals surface area contributed by atoms with Crippen LogP contribution in [0.4, 0.5) is 5.00 Å². The van der Waals surface area contributed by atoms with E-state index in [1.165, 1.54) is 16.9 Å². The van der Waals surface area contributed by atoms with Crippen LogP contribution in [0.25, 0.3) is 0 Å². The van der Waals surface area contributed by atoms with Crippen LogP contribution in [-0.4, -0.2) is 49.3 Å². The van der Waals surface area contributed by atoms with Crippen LogP contribution < -0.4 is 5.32 Å². The molecule has 2 fully saturated rings. The number of amides is 2. The quantitative estimate of drug-likeness (QED) is 0.769. The van der Waals surface area contributed by atoms with E-state index in [1.807, 2.05) is 34.5 Å². The van der Waals surface area contributed by atoms with Crippen molar-refractivity contribution >= 4 is 28.2 Å². The van der Waals surface area contributed by atoms with Gasteiger partial charge in [-0.15, -0.1) is 11.3 Å². The Labute approximate surface area is 181 Å². The molecule has 0 atom stereocenters. The van der Waals surface area contributed by atoms with Crippen molar-refractivity contribution in [2.75, 3.05) is 31.6 Å². The van der Waals surface area contributed by atoms with Gasteiger partial charge in [0.2, 0.25) is 0 Å². The van der Waals surface area contributed by atoms with E-state index in [0.29, 0.717) is 54.3 Å². The van der Waals surface area contributed by atoms with Crippen molar-refractivity contribution in [2.45, 2.75) is 38.9 Å². The Morgan fingerprint density at radius 1 is 1.07 bits per heavy atom. The number of hydrogen-bond acceptors (Lipinski definition) is 5. The van der Waals surface area contributed by atoms with Gasteiger partial charge in [0.15, 0.2) is 6.29 Å². The van der Waals surface area contributed by atoms with Crippen LogP contribution in [0.5, 0.6) is 0 Å². The molecule has 7 heteroatoms. The number of nitrogens with one attached hydrogen (secondary N) is 1. The van der Waals surface area contributed by atoms with E-state index in [-0.39, 0.29) is 18.1 Å². The lowest BCUT2D eigenvalue weighted by molar-refractivity contribution is -0.0956. The lowest BCUT2D eigenvalue weighted by atomic mass is 9.96. The third-order valence-corrected chi connectivity index (χ3v) is 6.65. The maximum atomic E-state index is 13.1. The van der Waals surface area contributed by atoms with E-state index >= 15 is 0 Å². The van der Waals surface area contributed by atoms with Gasteiger partial charge in [0, 0.05) is 24.6 Å². The molecule has 1 aromatic heterocycles. The second-order valence-corrected chi connectivity index (χ2v) is 9.05. The summed E-state index contributed by atoms with van der Waals surface area (Å²) in [6.07, 6.45) is 1.61. The number of anilines is 1. The molecule has 2 aliphatic rings. The Kier molecular flexibility index (Phi) is 6.51. The van der Waals surface area contributed by atoms with Crippen LogP contribution in [0.2, 0.25) is 0 Å². The number of carbonyl (C=O) groups excluding carboxylic acids is 2. The molecule has 2 saturated heterocycles. The Hall–Kier alpha value is -2.22. The molecule has 6 nitrogen and oxygen atoms in total. The first kappa shape index (κ1) is 21.0. The molecule has 2 aromatic rings. The van der Waals surface area contributed by atoms with Gasteiger partial charge >= 0.3 is 0 Å². The summed E-state index contributed by atoms with van der Waals surface area (Å²) in [7, 11) is 0. The number of ether oxygens (including phenoxy) is 2. The monoisotopic (exact) mass is 428 g/mol. The van der Waals surface area contributed by atoms with Crippen LogP contribution in [0.15, 0.2) is 35.7 Å². The molecular formula is C23H28N2O4S. The summed E-state index contributed by atoms with van der Waals surface area (Å²) in [5.41, 5.74) is 2.33. The molecule has 160 valence electrons. The van der Waals surface area contributed by atoms with E-state index in [0.717, 1.165) is 12.8 Å². The Balaban J connectivity index is 1.38. The van der Waals surface area contributed by atoms with E-state index in [1.54, 1.807) is 6.07 Å². The lowest BCUT2D eigenvalue weighted by Crippen LogP contribution is -2.41. The number of likely N-dealkylation sites (tertiary alicyclic amines) is 1. The number of hydrogen-bond donors (Lipinski definition) is 1. The average molecular weight is 429 g/mol. The van der Waals surface area contributed by atoms with Gasteiger partial charge in [0.05, 0.1) is 18.8 Å². The highest BCUT2D eigenvalue weighted by Crippen LogP contribution is 2.30. The molecule has 0 radical (unpaired) electrons. The second kappa shape index (κ2) is 9.29. The first-order chi connectivity index (χ1) is 14.5. The minimum absolute atomic E-state index is 0.0339. The maximum Gasteiger partial charge on any atom is 0.256 e. The second-order valence-electron chi connectivity index (χ2n) is 8.13. The van der Waals surface area contributed by atoms with Crippen molar-refractivity contribution in [1.82, 2.24) is 4.90 Å². The molecule has 1 aromatic carbocycles. The third-order valence-electron chi connectivity index (χ3n) is 5.82. The van der Waals surface area contributed by atoms with Gasteiger partial charge in [0.25, 0.3) is 11.8 Å². The maximum absolute atomic E-state index is 13.1. The molecule has 0 bridgehead atoms. The molecule has 0 aliphatic carbocycles. The van der Waals surface area contributed by atoms with Gasteiger partial charge < -0.3 is 19.7 Å². The molecule has 30 heavy (non-hydrogen) atoms. The molecular weight excluding hydrogens is 400 g/mol. The van der Waals surface area contributed by atoms with Crippen molar-refractivity contribution in [2.24, 2.45) is 5.92 Å². The minimum Gasteiger partial charge on any atom is -0.350 e. The molecule has 0 saturated carbocycles. The van der Waals surface area contributed by atoms with E-state index in [9.17, 15) is 9.59 Å². The highest BCUT2D eigenvalue weighted by Gasteiger charge is 2.32. The summed E-state index contributed by atoms with van der Waals surface area (Å²) in [6.45, 7) is 6.90. The van der Waals surface area contributed by atoms with Crippen LogP contribution in [0.1, 0.15) is 58.9 Å². The van der Waals surface area contributed by atoms with Crippen molar-refractivity contribution in [3.63, 3.8) is 0 Å². The van der Waals surface area contributed by atoms with Gasteiger partial charge in [0.1, 0.15) is 5.00 Å². The highest BCUT2D eigenvalue weighted by molar-refractivity contribution is 7.14. The lowest BCUT2D eigenvalue weighted by Gasteiger charge is -2.33. The van der Waals surface area contributed by atoms with E-state index in [4.69, 9.17) is 9.47 Å². The Morgan fingerprint density at radius 3 is 2.37 bits per heavy atom. The van der Waals surface area contributed by atoms with Crippen LogP contribution in [-0.2, 0) is 9.47 Å². The number of benzene rings is 1. The largest absolute Gasteiger partial charge is 0.350 e. The summed E-state index contributed by atoms with van der Waals surface area (Å²) < 4.78 is 11.2. The zero-order valence-electron chi connectivity index (χ0n) is 17.4. The molecule has 2 aliphatic heterocycles. The van der Waals surface area contributed by atoms with Crippen molar-refractivity contribution in [3.05, 3.63) is 52.4 Å². The Morgan fingerprint density at radius 2 is 1.73 bits per heavy atom. The Bertz CT molecular complexity index is 879. The van der Waals surface area contributed by atoms with Gasteiger partial charge in [-0.25, -0.2) is 0 Å². The summed E-state index contributed by atoms with van der Waals surface area (Å²) >= 11 is 1.37. The van der Waals surface area contributed by atoms with Crippen molar-refractivity contribution < 1.29 is 19.1 Å². The highest BCUT2D eigenvalue weighted by atomic mass is 32.1. The first-order valence-corrected chi connectivity index (χ1v) is 11.4. The number of rotatable bonds is 5. The fourth-order valence-corrected chi connectivity index (χ4v) is 4.74. The fourth-order valence-electron chi connectivity index (χ4n) is 3.96. The van der Waals surface area contributed by atoms with Gasteiger partial charge in [-0.3, -0.25) is 9.59 Å². The molecule has 1 N–H and O–H groups in total. The minimum atomic E-state index is -0.198. The third kappa shape index (κ3) is 4.58. The first-order valence-electron chi connectivity index (χ1n) is 10.5. The number of nitrogens with zero attached hydrogens (tertiary/aromatic N) is 1. The van der Waals surface area contributed by atoms with Crippen LogP contribution in [0, 0.1) is 5.92 Å². The number of piperidine rings is 1. The molecule has 3 heterocycles. The van der Waals surface area contributed by atoms with Gasteiger partial charge in [-0.1, -0.05) is 26.0 Å². The predicted molar refractivity (Wildman–Crippen MR) is 117 cm³/mol. The molecule has 0 spiro atoms. The molecule has 2 amide bonds. The summed E-state index contributed by atoms with van der Waals surface area (Å²) in [5, 5.41) is 5.37. The van der Waals surface area contributed by atoms with E-state index < -0.39 is 0 Å². The zero-order chi connectivity index (χ0) is 21.1. The van der Waals surface area contributed by atoms with Crippen molar-refractivity contribution in [1.29, 1.82) is 0 Å². The fraction of sp³-hybridized carbons (Fsp3) is 0.478. The summed E-state index contributed by atoms with van der Waals surface area (Å²) in [6, 6.07) is 9.40. The van der Waals surface area contributed by atoms with Crippen LogP contribution >= 0.6 is 11.3 Å². The van der Waals surface area contributed by atoms with E-state index in [2.05, 4.69) is 19.2 Å². The predicted octanol–water partition coefficient (Wildman–Crippen LogP) is 4.35. The normalized spacial score (nSPS) is 18.2. The molecule has 4 rings (SSSR count). The zero-order valence-corrected chi connectivity index (χ0v) is 18.2. The number of thiophene rings is 1. The summed E-state index contributed by atoms with van der Waals surface area (Å²) in [5.74, 6) is 0.524. The number of carbonyl (C=O) groups is 2. The standard InChI is InChI=1S/C23H28N2O4S/c1-15(2)16-3-5-17(6-4-16)20(26)24-21-19(9-14-30-21)22(27)25-10-7-18(8-11-25)23-28-12-13-29-23/h3-6,9,14-15,18,23H,7-8,10-13H2,1-2H3,(H,24,26). The van der Waals surface area contributed by atoms with Crippen LogP contribution in [0.3, 0.4) is 0 Å². The average Bonchev–Trinajstić information content (AvgIpc) is 3.46. The van der Waals surface area contributed by atoms with Gasteiger partial charge in [-0.2, -0.15) is 0 Å². The molecule has 0 unspecified atom stereocenters. The summed E-state index contributed by atoms with van der Waals surface area (Å²) in [4.78, 5) is 27.6. The SMILES string of the molecule is CC(C)c1ccc(C(=O)Nc2sccc2C(=O)N2CCC(C3OCCO3)CC2)cc1. The smallest absolute Gasteiger partial charge is 0.256 e. The van der Waals surface area contributed by atoms with Crippen molar-refractivity contribution in [3.8, 4) is 0 Å².